The fourth-order valence-corrected chi connectivity index (χ4v) is 1.69. The van der Waals surface area contributed by atoms with Crippen LogP contribution < -0.4 is 0 Å². The second kappa shape index (κ2) is 6.61. The summed E-state index contributed by atoms with van der Waals surface area (Å²) in [6.45, 7) is 2.63. The van der Waals surface area contributed by atoms with Crippen LogP contribution in [0.1, 0.15) is 18.5 Å². The van der Waals surface area contributed by atoms with Crippen LogP contribution in [-0.2, 0) is 4.74 Å². The molecule has 0 bridgehead atoms. The predicted octanol–water partition coefficient (Wildman–Crippen LogP) is 2.66. The number of alkyl halides is 1. The van der Waals surface area contributed by atoms with Crippen LogP contribution in [0.5, 0.6) is 0 Å². The highest BCUT2D eigenvalue weighted by Crippen LogP contribution is 2.18. The smallest absolute Gasteiger partial charge is 0.136 e. The lowest BCUT2D eigenvalue weighted by atomic mass is 10.1. The first-order valence-electron chi connectivity index (χ1n) is 5.53. The molecule has 3 heteroatoms. The third-order valence-electron chi connectivity index (χ3n) is 2.78. The Balaban J connectivity index is 2.51. The van der Waals surface area contributed by atoms with E-state index in [0.717, 1.165) is 0 Å². The molecule has 2 atom stereocenters. The van der Waals surface area contributed by atoms with Crippen molar-refractivity contribution in [1.82, 2.24) is 4.90 Å². The minimum Gasteiger partial charge on any atom is -0.382 e. The quantitative estimate of drug-likeness (QED) is 0.738. The molecule has 0 saturated carbocycles. The molecule has 0 aromatic heterocycles. The Bertz CT molecular complexity index is 291. The summed E-state index contributed by atoms with van der Waals surface area (Å²) >= 11 is 0. The summed E-state index contributed by atoms with van der Waals surface area (Å²) < 4.78 is 18.2. The van der Waals surface area contributed by atoms with Gasteiger partial charge in [0.2, 0.25) is 0 Å². The highest BCUT2D eigenvalue weighted by atomic mass is 19.1. The van der Waals surface area contributed by atoms with Crippen molar-refractivity contribution in [3.8, 4) is 0 Å². The summed E-state index contributed by atoms with van der Waals surface area (Å²) in [4.78, 5) is 2.00. The molecule has 0 N–H and O–H groups in total. The van der Waals surface area contributed by atoms with Gasteiger partial charge in [0, 0.05) is 19.7 Å². The molecule has 1 aromatic rings. The van der Waals surface area contributed by atoms with Crippen LogP contribution in [0.2, 0.25) is 0 Å². The van der Waals surface area contributed by atoms with Gasteiger partial charge in [-0.25, -0.2) is 4.39 Å². The van der Waals surface area contributed by atoms with Gasteiger partial charge < -0.3 is 4.74 Å². The summed E-state index contributed by atoms with van der Waals surface area (Å²) in [5, 5.41) is 0. The van der Waals surface area contributed by atoms with Crippen LogP contribution in [0.25, 0.3) is 0 Å². The van der Waals surface area contributed by atoms with Crippen LogP contribution in [-0.4, -0.2) is 38.4 Å². The van der Waals surface area contributed by atoms with E-state index in [2.05, 4.69) is 19.1 Å². The molecular formula is C13H20FNO. The van der Waals surface area contributed by atoms with Crippen molar-refractivity contribution in [2.45, 2.75) is 19.1 Å². The Hall–Kier alpha value is -0.930. The van der Waals surface area contributed by atoms with Crippen LogP contribution in [0.4, 0.5) is 4.39 Å². The standard InChI is InChI=1S/C13H20FNO/c1-11(12-7-5-4-6-8-12)15(2)9-13(14)10-16-3/h4-8,11,13H,9-10H2,1-3H3/t11-,13+/m1/s1. The number of nitrogens with zero attached hydrogens (tertiary/aromatic N) is 1. The van der Waals surface area contributed by atoms with Gasteiger partial charge in [0.25, 0.3) is 0 Å². The van der Waals surface area contributed by atoms with Crippen LogP contribution in [0, 0.1) is 0 Å². The van der Waals surface area contributed by atoms with Crippen LogP contribution in [0.3, 0.4) is 0 Å². The van der Waals surface area contributed by atoms with Crippen molar-refractivity contribution in [3.05, 3.63) is 35.9 Å². The molecule has 2 nitrogen and oxygen atoms in total. The lowest BCUT2D eigenvalue weighted by Gasteiger charge is -2.26. The van der Waals surface area contributed by atoms with E-state index in [1.165, 1.54) is 12.7 Å². The fourth-order valence-electron chi connectivity index (χ4n) is 1.69. The first-order valence-corrected chi connectivity index (χ1v) is 5.53. The molecule has 1 rings (SSSR count). The van der Waals surface area contributed by atoms with E-state index >= 15 is 0 Å². The number of halogens is 1. The number of rotatable bonds is 6. The average Bonchev–Trinajstić information content (AvgIpc) is 2.29. The Morgan fingerprint density at radius 1 is 1.31 bits per heavy atom. The van der Waals surface area contributed by atoms with E-state index in [0.29, 0.717) is 6.54 Å². The minimum absolute atomic E-state index is 0.159. The minimum atomic E-state index is -0.929. The highest BCUT2D eigenvalue weighted by Gasteiger charge is 2.15. The van der Waals surface area contributed by atoms with Crippen molar-refractivity contribution in [2.75, 3.05) is 27.3 Å². The van der Waals surface area contributed by atoms with Gasteiger partial charge in [-0.1, -0.05) is 30.3 Å². The van der Waals surface area contributed by atoms with Crippen molar-refractivity contribution < 1.29 is 9.13 Å². The van der Waals surface area contributed by atoms with Gasteiger partial charge in [0.1, 0.15) is 6.17 Å². The lowest BCUT2D eigenvalue weighted by Crippen LogP contribution is -2.31. The van der Waals surface area contributed by atoms with Gasteiger partial charge >= 0.3 is 0 Å². The molecule has 0 aliphatic carbocycles. The van der Waals surface area contributed by atoms with E-state index in [-0.39, 0.29) is 12.6 Å². The molecule has 0 unspecified atom stereocenters. The Morgan fingerprint density at radius 2 is 1.94 bits per heavy atom. The Morgan fingerprint density at radius 3 is 2.50 bits per heavy atom. The third kappa shape index (κ3) is 3.91. The normalized spacial score (nSPS) is 15.1. The largest absolute Gasteiger partial charge is 0.382 e. The van der Waals surface area contributed by atoms with E-state index in [9.17, 15) is 4.39 Å². The van der Waals surface area contributed by atoms with Gasteiger partial charge in [0.15, 0.2) is 0 Å². The molecule has 0 aliphatic heterocycles. The van der Waals surface area contributed by atoms with Crippen LogP contribution in [0.15, 0.2) is 30.3 Å². The fraction of sp³-hybridized carbons (Fsp3) is 0.538. The zero-order valence-corrected chi connectivity index (χ0v) is 10.2. The van der Waals surface area contributed by atoms with Crippen molar-refractivity contribution in [1.29, 1.82) is 0 Å². The molecule has 0 fully saturated rings. The molecule has 16 heavy (non-hydrogen) atoms. The maximum absolute atomic E-state index is 13.4. The summed E-state index contributed by atoms with van der Waals surface area (Å²) in [5.74, 6) is 0. The van der Waals surface area contributed by atoms with Crippen LogP contribution >= 0.6 is 0 Å². The van der Waals surface area contributed by atoms with E-state index < -0.39 is 6.17 Å². The van der Waals surface area contributed by atoms with Crippen molar-refractivity contribution in [2.24, 2.45) is 0 Å². The molecule has 0 aliphatic rings. The first-order chi connectivity index (χ1) is 7.65. The molecule has 0 heterocycles. The number of hydrogen-bond donors (Lipinski definition) is 0. The zero-order chi connectivity index (χ0) is 12.0. The summed E-state index contributed by atoms with van der Waals surface area (Å²) in [6.07, 6.45) is -0.929. The molecule has 0 amide bonds. The molecular weight excluding hydrogens is 205 g/mol. The van der Waals surface area contributed by atoms with E-state index in [1.807, 2.05) is 30.1 Å². The lowest BCUT2D eigenvalue weighted by molar-refractivity contribution is 0.0904. The molecule has 90 valence electrons. The predicted molar refractivity (Wildman–Crippen MR) is 64.3 cm³/mol. The van der Waals surface area contributed by atoms with E-state index in [4.69, 9.17) is 4.74 Å². The summed E-state index contributed by atoms with van der Waals surface area (Å²) in [6, 6.07) is 10.3. The van der Waals surface area contributed by atoms with Crippen molar-refractivity contribution in [3.63, 3.8) is 0 Å². The molecule has 0 saturated heterocycles. The van der Waals surface area contributed by atoms with Gasteiger partial charge in [-0.15, -0.1) is 0 Å². The Labute approximate surface area is 97.0 Å². The topological polar surface area (TPSA) is 12.5 Å². The summed E-state index contributed by atoms with van der Waals surface area (Å²) in [7, 11) is 3.45. The second-order valence-corrected chi connectivity index (χ2v) is 4.08. The molecule has 1 aromatic carbocycles. The van der Waals surface area contributed by atoms with E-state index in [1.54, 1.807) is 0 Å². The maximum Gasteiger partial charge on any atom is 0.136 e. The molecule has 0 spiro atoms. The SMILES string of the molecule is COC[C@@H](F)CN(C)[C@H](C)c1ccccc1. The average molecular weight is 225 g/mol. The van der Waals surface area contributed by atoms with Gasteiger partial charge in [0.05, 0.1) is 6.61 Å². The molecule has 0 radical (unpaired) electrons. The van der Waals surface area contributed by atoms with Gasteiger partial charge in [-0.3, -0.25) is 4.90 Å². The van der Waals surface area contributed by atoms with Gasteiger partial charge in [-0.05, 0) is 19.5 Å². The number of ether oxygens (including phenoxy) is 1. The maximum atomic E-state index is 13.4. The number of hydrogen-bond acceptors (Lipinski definition) is 2. The number of methoxy groups -OCH3 is 1. The monoisotopic (exact) mass is 225 g/mol. The zero-order valence-electron chi connectivity index (χ0n) is 10.2. The Kier molecular flexibility index (Phi) is 5.43. The van der Waals surface area contributed by atoms with Crippen molar-refractivity contribution >= 4 is 0 Å². The highest BCUT2D eigenvalue weighted by molar-refractivity contribution is 5.18. The second-order valence-electron chi connectivity index (χ2n) is 4.08. The number of benzene rings is 1. The summed E-state index contributed by atoms with van der Waals surface area (Å²) in [5.41, 5.74) is 1.20. The van der Waals surface area contributed by atoms with Gasteiger partial charge in [-0.2, -0.15) is 0 Å². The first kappa shape index (κ1) is 13.1. The third-order valence-corrected chi connectivity index (χ3v) is 2.78.